The molecule has 0 radical (unpaired) electrons. The Morgan fingerprint density at radius 2 is 1.17 bits per heavy atom. The Balaban J connectivity index is 1.72. The van der Waals surface area contributed by atoms with Crippen LogP contribution in [0, 0.1) is 0 Å². The van der Waals surface area contributed by atoms with Gasteiger partial charge in [0.1, 0.15) is 0 Å². The van der Waals surface area contributed by atoms with Crippen molar-refractivity contribution in [1.82, 2.24) is 9.78 Å². The summed E-state index contributed by atoms with van der Waals surface area (Å²) in [6.07, 6.45) is 22.8. The minimum atomic E-state index is 0.295. The van der Waals surface area contributed by atoms with Gasteiger partial charge in [-0.15, -0.1) is 0 Å². The molecule has 136 valence electrons. The summed E-state index contributed by atoms with van der Waals surface area (Å²) < 4.78 is 1.99. The van der Waals surface area contributed by atoms with Crippen LogP contribution in [0.2, 0.25) is 0 Å². The van der Waals surface area contributed by atoms with E-state index in [1.807, 2.05) is 4.68 Å². The lowest BCUT2D eigenvalue weighted by molar-refractivity contribution is 0.373. The Morgan fingerprint density at radius 1 is 0.708 bits per heavy atom. The molecule has 24 heavy (non-hydrogen) atoms. The summed E-state index contributed by atoms with van der Waals surface area (Å²) >= 11 is 0. The van der Waals surface area contributed by atoms with Crippen LogP contribution < -0.4 is 5.56 Å². The summed E-state index contributed by atoms with van der Waals surface area (Å²) in [5.74, 6) is 0.490. The zero-order chi connectivity index (χ0) is 16.6. The van der Waals surface area contributed by atoms with Crippen molar-refractivity contribution >= 4 is 0 Å². The third-order valence-corrected chi connectivity index (χ3v) is 6.31. The third-order valence-electron chi connectivity index (χ3n) is 6.31. The average Bonchev–Trinajstić information content (AvgIpc) is 3.06. The Hall–Kier alpha value is -0.990. The van der Waals surface area contributed by atoms with E-state index in [1.165, 1.54) is 103 Å². The molecule has 0 bridgehead atoms. The molecule has 1 N–H and O–H groups in total. The molecular weight excluding hydrogens is 296 g/mol. The maximum atomic E-state index is 13.1. The van der Waals surface area contributed by atoms with Gasteiger partial charge in [-0.05, 0) is 31.6 Å². The molecular formula is C21H36N2O. The van der Waals surface area contributed by atoms with Crippen LogP contribution in [0.3, 0.4) is 0 Å². The Labute approximate surface area is 147 Å². The van der Waals surface area contributed by atoms with Crippen LogP contribution >= 0.6 is 0 Å². The number of aromatic amines is 1. The minimum absolute atomic E-state index is 0.295. The number of hydrogen-bond acceptors (Lipinski definition) is 1. The van der Waals surface area contributed by atoms with E-state index in [4.69, 9.17) is 0 Å². The molecule has 3 heteroatoms. The minimum Gasteiger partial charge on any atom is -0.302 e. The zero-order valence-corrected chi connectivity index (χ0v) is 15.4. The van der Waals surface area contributed by atoms with E-state index in [0.29, 0.717) is 17.5 Å². The second kappa shape index (κ2) is 9.48. The van der Waals surface area contributed by atoms with E-state index in [1.54, 1.807) is 0 Å². The standard InChI is InChI=1S/C21H36N2O/c24-21-20(18-13-9-5-1-2-6-10-14-18)17-22-23(21)19-15-11-7-3-4-8-12-16-19/h17-19,22H,1-16H2. The molecule has 3 nitrogen and oxygen atoms in total. The first-order chi connectivity index (χ1) is 11.9. The molecule has 1 heterocycles. The molecule has 0 aromatic carbocycles. The maximum Gasteiger partial charge on any atom is 0.270 e. The van der Waals surface area contributed by atoms with Crippen LogP contribution in [0.4, 0.5) is 0 Å². The highest BCUT2D eigenvalue weighted by Gasteiger charge is 2.22. The molecule has 1 aromatic rings. The molecule has 0 saturated heterocycles. The van der Waals surface area contributed by atoms with Crippen LogP contribution in [-0.4, -0.2) is 9.78 Å². The number of nitrogens with zero attached hydrogens (tertiary/aromatic N) is 1. The highest BCUT2D eigenvalue weighted by Crippen LogP contribution is 2.30. The third kappa shape index (κ3) is 4.77. The van der Waals surface area contributed by atoms with E-state index in [9.17, 15) is 4.79 Å². The van der Waals surface area contributed by atoms with Gasteiger partial charge in [-0.25, -0.2) is 4.68 Å². The van der Waals surface area contributed by atoms with Gasteiger partial charge in [-0.3, -0.25) is 4.79 Å². The van der Waals surface area contributed by atoms with Gasteiger partial charge in [0.05, 0.1) is 6.04 Å². The van der Waals surface area contributed by atoms with Gasteiger partial charge in [-0.2, -0.15) is 0 Å². The highest BCUT2D eigenvalue weighted by molar-refractivity contribution is 5.12. The topological polar surface area (TPSA) is 37.8 Å². The smallest absolute Gasteiger partial charge is 0.270 e. The average molecular weight is 333 g/mol. The first-order valence-electron chi connectivity index (χ1n) is 10.7. The molecule has 0 amide bonds. The van der Waals surface area contributed by atoms with Crippen LogP contribution in [0.5, 0.6) is 0 Å². The first kappa shape index (κ1) is 17.8. The lowest BCUT2D eigenvalue weighted by Gasteiger charge is -2.17. The summed E-state index contributed by atoms with van der Waals surface area (Å²) in [5, 5.41) is 3.37. The van der Waals surface area contributed by atoms with E-state index >= 15 is 0 Å². The lowest BCUT2D eigenvalue weighted by atomic mass is 9.91. The molecule has 2 saturated carbocycles. The Morgan fingerprint density at radius 3 is 1.71 bits per heavy atom. The van der Waals surface area contributed by atoms with Crippen molar-refractivity contribution in [1.29, 1.82) is 0 Å². The second-order valence-corrected chi connectivity index (χ2v) is 8.15. The quantitative estimate of drug-likeness (QED) is 0.701. The summed E-state index contributed by atoms with van der Waals surface area (Å²) in [5.41, 5.74) is 1.38. The molecule has 0 spiro atoms. The molecule has 3 rings (SSSR count). The van der Waals surface area contributed by atoms with E-state index < -0.39 is 0 Å². The number of hydrogen-bond donors (Lipinski definition) is 1. The van der Waals surface area contributed by atoms with Gasteiger partial charge in [0.15, 0.2) is 0 Å². The summed E-state index contributed by atoms with van der Waals surface area (Å²) in [7, 11) is 0. The van der Waals surface area contributed by atoms with Crippen LogP contribution in [0.15, 0.2) is 11.0 Å². The largest absolute Gasteiger partial charge is 0.302 e. The molecule has 0 atom stereocenters. The monoisotopic (exact) mass is 332 g/mol. The van der Waals surface area contributed by atoms with Gasteiger partial charge >= 0.3 is 0 Å². The van der Waals surface area contributed by atoms with Gasteiger partial charge in [0.25, 0.3) is 5.56 Å². The summed E-state index contributed by atoms with van der Waals surface area (Å²) in [6.45, 7) is 0. The first-order valence-corrected chi connectivity index (χ1v) is 10.7. The van der Waals surface area contributed by atoms with E-state index in [-0.39, 0.29) is 0 Å². The van der Waals surface area contributed by atoms with E-state index in [2.05, 4.69) is 11.3 Å². The van der Waals surface area contributed by atoms with Crippen molar-refractivity contribution in [3.63, 3.8) is 0 Å². The van der Waals surface area contributed by atoms with Crippen molar-refractivity contribution in [3.05, 3.63) is 22.1 Å². The second-order valence-electron chi connectivity index (χ2n) is 8.15. The molecule has 2 aliphatic rings. The van der Waals surface area contributed by atoms with Crippen molar-refractivity contribution in [3.8, 4) is 0 Å². The predicted octanol–water partition coefficient (Wildman–Crippen LogP) is 6.07. The van der Waals surface area contributed by atoms with Gasteiger partial charge < -0.3 is 5.10 Å². The predicted molar refractivity (Wildman–Crippen MR) is 101 cm³/mol. The number of rotatable bonds is 2. The van der Waals surface area contributed by atoms with E-state index in [0.717, 1.165) is 5.56 Å². The van der Waals surface area contributed by atoms with Gasteiger partial charge in [0, 0.05) is 11.8 Å². The van der Waals surface area contributed by atoms with Crippen LogP contribution in [0.25, 0.3) is 0 Å². The van der Waals surface area contributed by atoms with Gasteiger partial charge in [-0.1, -0.05) is 77.0 Å². The van der Waals surface area contributed by atoms with Gasteiger partial charge in [0.2, 0.25) is 0 Å². The van der Waals surface area contributed by atoms with Crippen molar-refractivity contribution < 1.29 is 0 Å². The number of nitrogens with one attached hydrogen (secondary N) is 1. The van der Waals surface area contributed by atoms with Crippen LogP contribution in [0.1, 0.15) is 120 Å². The normalized spacial score (nSPS) is 23.5. The Kier molecular flexibility index (Phi) is 7.04. The SMILES string of the molecule is O=c1c(C2CCCCCCCC2)c[nH]n1C1CCCCCCCC1. The fourth-order valence-corrected chi connectivity index (χ4v) is 4.78. The molecule has 0 unspecified atom stereocenters. The van der Waals surface area contributed by atoms with Crippen LogP contribution in [-0.2, 0) is 0 Å². The van der Waals surface area contributed by atoms with Crippen molar-refractivity contribution in [2.24, 2.45) is 0 Å². The summed E-state index contributed by atoms with van der Waals surface area (Å²) in [6, 6.07) is 0.403. The molecule has 2 aliphatic carbocycles. The number of aromatic nitrogens is 2. The Bertz CT molecular complexity index is 466. The molecule has 2 fully saturated rings. The maximum absolute atomic E-state index is 13.1. The highest BCUT2D eigenvalue weighted by atomic mass is 16.1. The van der Waals surface area contributed by atoms with Crippen molar-refractivity contribution in [2.45, 2.75) is 115 Å². The molecule has 0 aliphatic heterocycles. The fourth-order valence-electron chi connectivity index (χ4n) is 4.78. The zero-order valence-electron chi connectivity index (χ0n) is 15.4. The fraction of sp³-hybridized carbons (Fsp3) is 0.857. The van der Waals surface area contributed by atoms with Crippen molar-refractivity contribution in [2.75, 3.05) is 0 Å². The summed E-state index contributed by atoms with van der Waals surface area (Å²) in [4.78, 5) is 13.1. The lowest BCUT2D eigenvalue weighted by Crippen LogP contribution is -2.25. The molecule has 1 aromatic heterocycles. The number of H-pyrrole nitrogens is 1.